The van der Waals surface area contributed by atoms with Crippen LogP contribution in [0.2, 0.25) is 5.02 Å². The van der Waals surface area contributed by atoms with Crippen LogP contribution < -0.4 is 9.64 Å². The fourth-order valence-electron chi connectivity index (χ4n) is 3.16. The van der Waals surface area contributed by atoms with Crippen LogP contribution in [0.25, 0.3) is 6.08 Å². The number of halogens is 3. The van der Waals surface area contributed by atoms with Gasteiger partial charge in [0.25, 0.3) is 5.91 Å². The topological polar surface area (TPSA) is 29.5 Å². The summed E-state index contributed by atoms with van der Waals surface area (Å²) in [5.74, 6) is 0.531. The number of carbonyl (C=O) groups is 1. The molecule has 1 aliphatic rings. The third-order valence-electron chi connectivity index (χ3n) is 4.75. The molecule has 1 aliphatic heterocycles. The van der Waals surface area contributed by atoms with Gasteiger partial charge >= 0.3 is 0 Å². The minimum absolute atomic E-state index is 0.130. The van der Waals surface area contributed by atoms with Crippen molar-refractivity contribution in [2.24, 2.45) is 0 Å². The zero-order chi connectivity index (χ0) is 23.5. The van der Waals surface area contributed by atoms with Crippen LogP contribution in [0.3, 0.4) is 0 Å². The van der Waals surface area contributed by atoms with Crippen LogP contribution in [0, 0.1) is 0 Å². The van der Waals surface area contributed by atoms with Gasteiger partial charge in [0.2, 0.25) is 0 Å². The SMILES string of the molecule is CSc1cccc(N2C(=O)/C(=C\c3cc(Br)c(OCc4ccccc4Cl)c(Br)c3)SC2=S)c1. The Balaban J connectivity index is 1.56. The molecule has 0 aromatic heterocycles. The van der Waals surface area contributed by atoms with Crippen molar-refractivity contribution < 1.29 is 9.53 Å². The van der Waals surface area contributed by atoms with E-state index in [1.165, 1.54) is 11.8 Å². The minimum atomic E-state index is -0.130. The smallest absolute Gasteiger partial charge is 0.270 e. The molecule has 0 unspecified atom stereocenters. The lowest BCUT2D eigenvalue weighted by Crippen LogP contribution is -2.27. The fraction of sp³-hybridized carbons (Fsp3) is 0.0833. The predicted molar refractivity (Wildman–Crippen MR) is 152 cm³/mol. The molecular weight excluding hydrogens is 626 g/mol. The summed E-state index contributed by atoms with van der Waals surface area (Å²) < 4.78 is 8.03. The van der Waals surface area contributed by atoms with Crippen molar-refractivity contribution in [3.8, 4) is 5.75 Å². The van der Waals surface area contributed by atoms with Gasteiger partial charge in [-0.15, -0.1) is 11.8 Å². The van der Waals surface area contributed by atoms with E-state index in [-0.39, 0.29) is 5.91 Å². The van der Waals surface area contributed by atoms with E-state index in [1.54, 1.807) is 16.7 Å². The number of thiocarbonyl (C=S) groups is 1. The minimum Gasteiger partial charge on any atom is -0.486 e. The van der Waals surface area contributed by atoms with Crippen molar-refractivity contribution in [3.05, 3.63) is 90.7 Å². The van der Waals surface area contributed by atoms with Crippen LogP contribution in [-0.4, -0.2) is 16.5 Å². The quantitative estimate of drug-likeness (QED) is 0.153. The maximum atomic E-state index is 13.1. The third-order valence-corrected chi connectivity index (χ3v) is 8.33. The first-order valence-electron chi connectivity index (χ1n) is 9.64. The molecule has 0 atom stereocenters. The second kappa shape index (κ2) is 11.0. The Hall–Kier alpha value is -1.29. The first-order valence-corrected chi connectivity index (χ1v) is 14.1. The molecule has 4 rings (SSSR count). The highest BCUT2D eigenvalue weighted by atomic mass is 79.9. The van der Waals surface area contributed by atoms with Gasteiger partial charge in [0.05, 0.1) is 19.5 Å². The lowest BCUT2D eigenvalue weighted by molar-refractivity contribution is -0.113. The number of rotatable bonds is 6. The van der Waals surface area contributed by atoms with Crippen LogP contribution in [-0.2, 0) is 11.4 Å². The summed E-state index contributed by atoms with van der Waals surface area (Å²) in [6.07, 6.45) is 3.84. The van der Waals surface area contributed by atoms with Gasteiger partial charge in [-0.25, -0.2) is 0 Å². The van der Waals surface area contributed by atoms with Crippen molar-refractivity contribution in [1.29, 1.82) is 0 Å². The van der Waals surface area contributed by atoms with E-state index in [0.29, 0.717) is 26.6 Å². The summed E-state index contributed by atoms with van der Waals surface area (Å²) >= 11 is 21.8. The number of amides is 1. The van der Waals surface area contributed by atoms with Gasteiger partial charge in [0.1, 0.15) is 12.4 Å². The highest BCUT2D eigenvalue weighted by Crippen LogP contribution is 2.40. The zero-order valence-corrected chi connectivity index (χ0v) is 23.6. The van der Waals surface area contributed by atoms with E-state index in [1.807, 2.05) is 73.0 Å². The average molecular weight is 642 g/mol. The zero-order valence-electron chi connectivity index (χ0n) is 17.2. The van der Waals surface area contributed by atoms with Gasteiger partial charge in [-0.1, -0.05) is 59.8 Å². The lowest BCUT2D eigenvalue weighted by Gasteiger charge is -2.15. The van der Waals surface area contributed by atoms with Gasteiger partial charge in [0, 0.05) is 15.5 Å². The average Bonchev–Trinajstić information content (AvgIpc) is 3.07. The number of nitrogens with zero attached hydrogens (tertiary/aromatic N) is 1. The molecule has 168 valence electrons. The molecule has 33 heavy (non-hydrogen) atoms. The first-order chi connectivity index (χ1) is 15.9. The molecule has 0 aliphatic carbocycles. The van der Waals surface area contributed by atoms with Crippen molar-refractivity contribution >= 4 is 101 Å². The summed E-state index contributed by atoms with van der Waals surface area (Å²) in [6.45, 7) is 0.337. The van der Waals surface area contributed by atoms with Crippen molar-refractivity contribution in [1.82, 2.24) is 0 Å². The summed E-state index contributed by atoms with van der Waals surface area (Å²) in [6, 6.07) is 19.2. The lowest BCUT2D eigenvalue weighted by atomic mass is 10.2. The van der Waals surface area contributed by atoms with Gasteiger partial charge in [0.15, 0.2) is 4.32 Å². The molecule has 0 N–H and O–H groups in total. The normalized spacial score (nSPS) is 14.9. The molecule has 3 nitrogen and oxygen atoms in total. The van der Waals surface area contributed by atoms with Crippen molar-refractivity contribution in [2.45, 2.75) is 11.5 Å². The second-order valence-electron chi connectivity index (χ2n) is 6.91. The second-order valence-corrected chi connectivity index (χ2v) is 11.6. The summed E-state index contributed by atoms with van der Waals surface area (Å²) in [4.78, 5) is 16.4. The van der Waals surface area contributed by atoms with Gasteiger partial charge in [-0.3, -0.25) is 9.69 Å². The van der Waals surface area contributed by atoms with Crippen molar-refractivity contribution in [2.75, 3.05) is 11.2 Å². The highest BCUT2D eigenvalue weighted by Gasteiger charge is 2.33. The molecule has 1 amide bonds. The first kappa shape index (κ1) is 24.8. The number of ether oxygens (including phenoxy) is 1. The number of benzene rings is 3. The molecule has 9 heteroatoms. The van der Waals surface area contributed by atoms with Crippen LogP contribution >= 0.6 is 79.2 Å². The molecule has 0 bridgehead atoms. The number of thioether (sulfide) groups is 2. The maximum Gasteiger partial charge on any atom is 0.270 e. The van der Waals surface area contributed by atoms with E-state index < -0.39 is 0 Å². The molecule has 1 saturated heterocycles. The van der Waals surface area contributed by atoms with E-state index in [9.17, 15) is 4.79 Å². The number of anilines is 1. The van der Waals surface area contributed by atoms with Gasteiger partial charge in [-0.2, -0.15) is 0 Å². The third kappa shape index (κ3) is 5.69. The molecule has 3 aromatic rings. The summed E-state index contributed by atoms with van der Waals surface area (Å²) in [5.41, 5.74) is 2.52. The predicted octanol–water partition coefficient (Wildman–Crippen LogP) is 8.57. The molecule has 3 aromatic carbocycles. The van der Waals surface area contributed by atoms with Crippen molar-refractivity contribution in [3.63, 3.8) is 0 Å². The number of carbonyl (C=O) groups excluding carboxylic acids is 1. The Kier molecular flexibility index (Phi) is 8.25. The van der Waals surface area contributed by atoms with E-state index >= 15 is 0 Å². The Bertz CT molecular complexity index is 1260. The molecule has 0 radical (unpaired) electrons. The van der Waals surface area contributed by atoms with Crippen LogP contribution in [0.4, 0.5) is 5.69 Å². The molecular formula is C24H16Br2ClNO2S3. The van der Waals surface area contributed by atoms with E-state index in [0.717, 1.165) is 30.7 Å². The van der Waals surface area contributed by atoms with Gasteiger partial charge < -0.3 is 4.74 Å². The van der Waals surface area contributed by atoms with Gasteiger partial charge in [-0.05, 0) is 86.2 Å². The Labute approximate surface area is 228 Å². The molecule has 1 heterocycles. The summed E-state index contributed by atoms with van der Waals surface area (Å²) in [7, 11) is 0. The van der Waals surface area contributed by atoms with E-state index in [2.05, 4.69) is 31.9 Å². The van der Waals surface area contributed by atoms with E-state index in [4.69, 9.17) is 28.6 Å². The van der Waals surface area contributed by atoms with Crippen LogP contribution in [0.15, 0.2) is 79.4 Å². The monoisotopic (exact) mass is 639 g/mol. The Morgan fingerprint density at radius 2 is 1.85 bits per heavy atom. The highest BCUT2D eigenvalue weighted by molar-refractivity contribution is 9.11. The standard InChI is InChI=1S/C24H16Br2ClNO2S3/c1-32-17-7-4-6-16(12-17)28-23(29)21(33-24(28)31)11-14-9-18(25)22(19(26)10-14)30-13-15-5-2-3-8-20(15)27/h2-12H,13H2,1H3/b21-11+. The molecule has 1 fully saturated rings. The van der Waals surface area contributed by atoms with Crippen LogP contribution in [0.5, 0.6) is 5.75 Å². The van der Waals surface area contributed by atoms with Crippen LogP contribution in [0.1, 0.15) is 11.1 Å². The molecule has 0 spiro atoms. The Morgan fingerprint density at radius 3 is 2.55 bits per heavy atom. The Morgan fingerprint density at radius 1 is 1.12 bits per heavy atom. The summed E-state index contributed by atoms with van der Waals surface area (Å²) in [5, 5.41) is 0.659. The maximum absolute atomic E-state index is 13.1. The number of hydrogen-bond donors (Lipinski definition) is 0. The largest absolute Gasteiger partial charge is 0.486 e. The molecule has 0 saturated carbocycles. The fourth-order valence-corrected chi connectivity index (χ4v) is 6.55. The number of hydrogen-bond acceptors (Lipinski definition) is 5.